The van der Waals surface area contributed by atoms with E-state index < -0.39 is 0 Å². The summed E-state index contributed by atoms with van der Waals surface area (Å²) in [6.45, 7) is 0. The lowest BCUT2D eigenvalue weighted by atomic mass is 9.85. The van der Waals surface area contributed by atoms with Crippen LogP contribution in [0.5, 0.6) is 5.75 Å². The van der Waals surface area contributed by atoms with Crippen molar-refractivity contribution >= 4 is 17.6 Å². The molecule has 6 nitrogen and oxygen atoms in total. The van der Waals surface area contributed by atoms with Crippen LogP contribution in [0.4, 0.5) is 5.82 Å². The molecule has 4 aromatic rings. The fraction of sp³-hybridized carbons (Fsp3) is 0.208. The van der Waals surface area contributed by atoms with E-state index in [1.807, 2.05) is 42.6 Å². The van der Waals surface area contributed by atoms with Gasteiger partial charge in [0.1, 0.15) is 28.6 Å². The number of methoxy groups -OCH3 is 1. The lowest BCUT2D eigenvalue weighted by molar-refractivity contribution is 0.112. The molecule has 0 radical (unpaired) electrons. The van der Waals surface area contributed by atoms with Gasteiger partial charge in [0.25, 0.3) is 0 Å². The van der Waals surface area contributed by atoms with Crippen LogP contribution in [0, 0.1) is 0 Å². The van der Waals surface area contributed by atoms with Crippen LogP contribution in [0.25, 0.3) is 27.9 Å². The fourth-order valence-corrected chi connectivity index (χ4v) is 4.15. The Bertz CT molecular complexity index is 1260. The Morgan fingerprint density at radius 2 is 2.00 bits per heavy atom. The van der Waals surface area contributed by atoms with Crippen LogP contribution in [0.2, 0.25) is 0 Å². The van der Waals surface area contributed by atoms with Gasteiger partial charge >= 0.3 is 0 Å². The number of nitrogens with two attached hydrogens (primary N) is 1. The molecule has 30 heavy (non-hydrogen) atoms. The van der Waals surface area contributed by atoms with E-state index in [0.717, 1.165) is 52.9 Å². The van der Waals surface area contributed by atoms with Gasteiger partial charge in [0.2, 0.25) is 0 Å². The van der Waals surface area contributed by atoms with Gasteiger partial charge in [0.15, 0.2) is 6.29 Å². The highest BCUT2D eigenvalue weighted by Crippen LogP contribution is 2.41. The number of nitrogens with zero attached hydrogens (tertiary/aromatic N) is 3. The largest absolute Gasteiger partial charge is 0.496 e. The summed E-state index contributed by atoms with van der Waals surface area (Å²) >= 11 is 0. The summed E-state index contributed by atoms with van der Waals surface area (Å²) < 4.78 is 7.77. The average molecular weight is 398 g/mol. The maximum Gasteiger partial charge on any atom is 0.150 e. The van der Waals surface area contributed by atoms with E-state index in [-0.39, 0.29) is 0 Å². The van der Waals surface area contributed by atoms with E-state index >= 15 is 0 Å². The minimum atomic E-state index is 0.452. The first kappa shape index (κ1) is 18.4. The Morgan fingerprint density at radius 3 is 2.73 bits per heavy atom. The van der Waals surface area contributed by atoms with Gasteiger partial charge in [-0.15, -0.1) is 0 Å². The van der Waals surface area contributed by atoms with Crippen molar-refractivity contribution in [1.29, 1.82) is 0 Å². The molecule has 0 atom stereocenters. The number of fused-ring (bicyclic) bond motifs is 1. The molecule has 0 amide bonds. The number of benzene rings is 2. The standard InChI is InChI=1S/C24H22N4O2/c1-30-20-13-16(9-10-19(20)18-8-3-2-5-17(18)14-29)21-22-23(25)26-11-12-28(22)24(27-21)15-6-4-7-15/h2-3,5,8-15H,4,6-7H2,1H3,(H2,25,26). The van der Waals surface area contributed by atoms with Crippen molar-refractivity contribution in [3.05, 3.63) is 66.2 Å². The maximum atomic E-state index is 11.5. The first-order chi connectivity index (χ1) is 14.7. The Kier molecular flexibility index (Phi) is 4.47. The number of carbonyl (C=O) groups excluding carboxylic acids is 1. The quantitative estimate of drug-likeness (QED) is 0.491. The summed E-state index contributed by atoms with van der Waals surface area (Å²) in [5, 5.41) is 0. The summed E-state index contributed by atoms with van der Waals surface area (Å²) in [6, 6.07) is 13.4. The van der Waals surface area contributed by atoms with Crippen molar-refractivity contribution < 1.29 is 9.53 Å². The molecule has 0 bridgehead atoms. The molecule has 1 saturated carbocycles. The third-order valence-corrected chi connectivity index (χ3v) is 5.93. The number of ether oxygens (including phenoxy) is 1. The highest BCUT2D eigenvalue weighted by atomic mass is 16.5. The smallest absolute Gasteiger partial charge is 0.150 e. The fourth-order valence-electron chi connectivity index (χ4n) is 4.15. The summed E-state index contributed by atoms with van der Waals surface area (Å²) in [4.78, 5) is 20.8. The third-order valence-electron chi connectivity index (χ3n) is 5.93. The van der Waals surface area contributed by atoms with Crippen molar-refractivity contribution in [1.82, 2.24) is 14.4 Å². The number of aromatic nitrogens is 3. The van der Waals surface area contributed by atoms with E-state index in [2.05, 4.69) is 9.38 Å². The van der Waals surface area contributed by atoms with Crippen molar-refractivity contribution in [3.8, 4) is 28.1 Å². The minimum absolute atomic E-state index is 0.452. The molecule has 2 N–H and O–H groups in total. The van der Waals surface area contributed by atoms with Crippen molar-refractivity contribution in [2.75, 3.05) is 12.8 Å². The zero-order chi connectivity index (χ0) is 20.7. The van der Waals surface area contributed by atoms with Gasteiger partial charge in [-0.05, 0) is 30.5 Å². The summed E-state index contributed by atoms with van der Waals surface area (Å²) in [5.74, 6) is 2.62. The van der Waals surface area contributed by atoms with Crippen LogP contribution in [-0.4, -0.2) is 27.8 Å². The molecule has 2 heterocycles. The molecule has 1 fully saturated rings. The molecular formula is C24H22N4O2. The normalized spacial score (nSPS) is 13.9. The van der Waals surface area contributed by atoms with E-state index in [9.17, 15) is 4.79 Å². The van der Waals surface area contributed by atoms with Gasteiger partial charge in [-0.25, -0.2) is 9.97 Å². The van der Waals surface area contributed by atoms with E-state index in [0.29, 0.717) is 23.0 Å². The molecular weight excluding hydrogens is 376 g/mol. The molecule has 1 aliphatic carbocycles. The van der Waals surface area contributed by atoms with Gasteiger partial charge in [-0.2, -0.15) is 0 Å². The van der Waals surface area contributed by atoms with Crippen molar-refractivity contribution in [2.45, 2.75) is 25.2 Å². The molecule has 1 aliphatic rings. The number of aldehydes is 1. The summed E-state index contributed by atoms with van der Waals surface area (Å²) in [5.41, 5.74) is 11.1. The maximum absolute atomic E-state index is 11.5. The topological polar surface area (TPSA) is 82.5 Å². The molecule has 2 aromatic heterocycles. The summed E-state index contributed by atoms with van der Waals surface area (Å²) in [6.07, 6.45) is 8.03. The van der Waals surface area contributed by atoms with Crippen LogP contribution < -0.4 is 10.5 Å². The predicted octanol–water partition coefficient (Wildman–Crippen LogP) is 4.73. The zero-order valence-corrected chi connectivity index (χ0v) is 16.7. The number of nitrogen functional groups attached to an aromatic ring is 1. The van der Waals surface area contributed by atoms with Gasteiger partial charge in [-0.3, -0.25) is 9.20 Å². The van der Waals surface area contributed by atoms with Crippen LogP contribution in [0.15, 0.2) is 54.9 Å². The third kappa shape index (κ3) is 2.84. The molecule has 0 aliphatic heterocycles. The molecule has 0 saturated heterocycles. The molecule has 2 aromatic carbocycles. The first-order valence-corrected chi connectivity index (χ1v) is 10.1. The molecule has 0 unspecified atom stereocenters. The van der Waals surface area contributed by atoms with Gasteiger partial charge in [0.05, 0.1) is 7.11 Å². The van der Waals surface area contributed by atoms with Crippen molar-refractivity contribution in [3.63, 3.8) is 0 Å². The average Bonchev–Trinajstić information content (AvgIpc) is 3.12. The Hall–Kier alpha value is -3.67. The van der Waals surface area contributed by atoms with E-state index in [4.69, 9.17) is 15.5 Å². The summed E-state index contributed by atoms with van der Waals surface area (Å²) in [7, 11) is 1.63. The highest BCUT2D eigenvalue weighted by molar-refractivity contribution is 5.91. The van der Waals surface area contributed by atoms with E-state index in [1.54, 1.807) is 19.4 Å². The van der Waals surface area contributed by atoms with E-state index in [1.165, 1.54) is 6.42 Å². The van der Waals surface area contributed by atoms with Crippen LogP contribution in [-0.2, 0) is 0 Å². The van der Waals surface area contributed by atoms with Crippen molar-refractivity contribution in [2.24, 2.45) is 0 Å². The van der Waals surface area contributed by atoms with Crippen LogP contribution >= 0.6 is 0 Å². The molecule has 0 spiro atoms. The number of imidazole rings is 1. The van der Waals surface area contributed by atoms with Crippen LogP contribution in [0.1, 0.15) is 41.4 Å². The van der Waals surface area contributed by atoms with Gasteiger partial charge in [-0.1, -0.05) is 36.8 Å². The monoisotopic (exact) mass is 398 g/mol. The number of hydrogen-bond acceptors (Lipinski definition) is 5. The Balaban J connectivity index is 1.69. The molecule has 6 heteroatoms. The van der Waals surface area contributed by atoms with Crippen LogP contribution in [0.3, 0.4) is 0 Å². The second-order valence-corrected chi connectivity index (χ2v) is 7.60. The number of rotatable bonds is 5. The molecule has 5 rings (SSSR count). The number of carbonyl (C=O) groups is 1. The first-order valence-electron chi connectivity index (χ1n) is 10.1. The number of anilines is 1. The lowest BCUT2D eigenvalue weighted by Crippen LogP contribution is -2.12. The SMILES string of the molecule is COc1cc(-c2nc(C3CCC3)n3ccnc(N)c23)ccc1-c1ccccc1C=O. The van der Waals surface area contributed by atoms with Gasteiger partial charge in [0, 0.05) is 35.0 Å². The molecule has 150 valence electrons. The second-order valence-electron chi connectivity index (χ2n) is 7.60. The number of hydrogen-bond donors (Lipinski definition) is 1. The Labute approximate surface area is 174 Å². The van der Waals surface area contributed by atoms with Gasteiger partial charge < -0.3 is 10.5 Å². The Morgan fingerprint density at radius 1 is 1.17 bits per heavy atom. The zero-order valence-electron chi connectivity index (χ0n) is 16.7. The lowest BCUT2D eigenvalue weighted by Gasteiger charge is -2.23. The second kappa shape index (κ2) is 7.30. The highest BCUT2D eigenvalue weighted by Gasteiger charge is 2.27. The minimum Gasteiger partial charge on any atom is -0.496 e. The predicted molar refractivity (Wildman–Crippen MR) is 117 cm³/mol.